The molecule has 0 N–H and O–H groups in total. The van der Waals surface area contributed by atoms with Crippen molar-refractivity contribution in [3.63, 3.8) is 0 Å². The molecule has 0 saturated heterocycles. The molecule has 0 aliphatic carbocycles. The van der Waals surface area contributed by atoms with Gasteiger partial charge >= 0.3 is 0 Å². The van der Waals surface area contributed by atoms with E-state index in [-0.39, 0.29) is 5.82 Å². The van der Waals surface area contributed by atoms with Crippen LogP contribution in [0.4, 0.5) is 4.39 Å². The second kappa shape index (κ2) is 4.51. The van der Waals surface area contributed by atoms with Gasteiger partial charge in [-0.25, -0.2) is 4.39 Å². The van der Waals surface area contributed by atoms with E-state index in [1.807, 2.05) is 18.4 Å². The van der Waals surface area contributed by atoms with Crippen LogP contribution in [0.25, 0.3) is 0 Å². The molecule has 2 heteroatoms. The third kappa shape index (κ3) is 2.24. The zero-order chi connectivity index (χ0) is 8.97. The molecule has 0 unspecified atom stereocenters. The highest BCUT2D eigenvalue weighted by Crippen LogP contribution is 2.20. The van der Waals surface area contributed by atoms with Crippen LogP contribution in [0.2, 0.25) is 0 Å². The minimum absolute atomic E-state index is 0.0894. The minimum Gasteiger partial charge on any atom is -0.206 e. The number of halogens is 1. The van der Waals surface area contributed by atoms with Crippen molar-refractivity contribution < 1.29 is 4.39 Å². The molecule has 1 rings (SSSR count). The molecule has 0 bridgehead atoms. The lowest BCUT2D eigenvalue weighted by atomic mass is 10.1. The Morgan fingerprint density at radius 2 is 2.17 bits per heavy atom. The molecule has 0 heterocycles. The monoisotopic (exact) mass is 184 g/mol. The summed E-state index contributed by atoms with van der Waals surface area (Å²) in [5.41, 5.74) is 1.09. The molecule has 0 atom stereocenters. The highest BCUT2D eigenvalue weighted by molar-refractivity contribution is 7.98. The standard InChI is InChI=1S/C10H13FS/c1-3-4-8-5-6-10(12-2)9(11)7-8/h5-7H,3-4H2,1-2H3. The number of hydrogen-bond donors (Lipinski definition) is 0. The number of hydrogen-bond acceptors (Lipinski definition) is 1. The normalized spacial score (nSPS) is 10.2. The lowest BCUT2D eigenvalue weighted by Crippen LogP contribution is -1.86. The molecule has 12 heavy (non-hydrogen) atoms. The van der Waals surface area contributed by atoms with Crippen LogP contribution in [0, 0.1) is 5.82 Å². The lowest BCUT2D eigenvalue weighted by molar-refractivity contribution is 0.599. The molecule has 66 valence electrons. The van der Waals surface area contributed by atoms with Gasteiger partial charge in [0, 0.05) is 4.90 Å². The van der Waals surface area contributed by atoms with Crippen molar-refractivity contribution in [3.05, 3.63) is 29.6 Å². The van der Waals surface area contributed by atoms with E-state index in [2.05, 4.69) is 6.92 Å². The van der Waals surface area contributed by atoms with E-state index in [0.29, 0.717) is 0 Å². The smallest absolute Gasteiger partial charge is 0.137 e. The summed E-state index contributed by atoms with van der Waals surface area (Å²) < 4.78 is 13.2. The molecular formula is C10H13FS. The predicted octanol–water partition coefficient (Wildman–Crippen LogP) is 3.50. The molecule has 0 aliphatic rings. The Morgan fingerprint density at radius 3 is 2.67 bits per heavy atom. The van der Waals surface area contributed by atoms with Crippen LogP contribution >= 0.6 is 11.8 Å². The summed E-state index contributed by atoms with van der Waals surface area (Å²) in [6.45, 7) is 2.10. The Bertz CT molecular complexity index is 258. The first-order valence-corrected chi connectivity index (χ1v) is 5.32. The van der Waals surface area contributed by atoms with E-state index in [1.54, 1.807) is 6.07 Å². The zero-order valence-corrected chi connectivity index (χ0v) is 8.25. The second-order valence-electron chi connectivity index (χ2n) is 2.72. The average Bonchev–Trinajstić information content (AvgIpc) is 2.05. The van der Waals surface area contributed by atoms with Gasteiger partial charge in [0.1, 0.15) is 5.82 Å². The Hall–Kier alpha value is -0.500. The SMILES string of the molecule is CCCc1ccc(SC)c(F)c1. The van der Waals surface area contributed by atoms with Crippen LogP contribution in [0.1, 0.15) is 18.9 Å². The van der Waals surface area contributed by atoms with Crippen molar-refractivity contribution >= 4 is 11.8 Å². The summed E-state index contributed by atoms with van der Waals surface area (Å²) in [5, 5.41) is 0. The molecule has 0 aliphatic heterocycles. The van der Waals surface area contributed by atoms with Crippen molar-refractivity contribution in [2.75, 3.05) is 6.26 Å². The number of benzene rings is 1. The largest absolute Gasteiger partial charge is 0.206 e. The van der Waals surface area contributed by atoms with Crippen LogP contribution in [-0.4, -0.2) is 6.26 Å². The van der Waals surface area contributed by atoms with Gasteiger partial charge in [-0.1, -0.05) is 19.4 Å². The fraction of sp³-hybridized carbons (Fsp3) is 0.400. The first-order valence-electron chi connectivity index (χ1n) is 4.10. The summed E-state index contributed by atoms with van der Waals surface area (Å²) in [6.07, 6.45) is 3.92. The molecule has 0 radical (unpaired) electrons. The van der Waals surface area contributed by atoms with Crippen LogP contribution in [-0.2, 0) is 6.42 Å². The Labute approximate surface area is 77.2 Å². The van der Waals surface area contributed by atoms with Gasteiger partial charge in [-0.15, -0.1) is 11.8 Å². The van der Waals surface area contributed by atoms with E-state index in [9.17, 15) is 4.39 Å². The number of thioether (sulfide) groups is 1. The molecule has 0 saturated carbocycles. The van der Waals surface area contributed by atoms with Crippen molar-refractivity contribution in [2.45, 2.75) is 24.7 Å². The van der Waals surface area contributed by atoms with Crippen LogP contribution in [0.3, 0.4) is 0 Å². The molecule has 0 amide bonds. The predicted molar refractivity (Wildman–Crippen MR) is 52.2 cm³/mol. The molecule has 0 fully saturated rings. The summed E-state index contributed by atoms with van der Waals surface area (Å²) >= 11 is 1.45. The highest BCUT2D eigenvalue weighted by atomic mass is 32.2. The van der Waals surface area contributed by atoms with E-state index in [4.69, 9.17) is 0 Å². The lowest BCUT2D eigenvalue weighted by Gasteiger charge is -2.02. The van der Waals surface area contributed by atoms with Crippen LogP contribution in [0.5, 0.6) is 0 Å². The third-order valence-electron chi connectivity index (χ3n) is 1.75. The molecular weight excluding hydrogens is 171 g/mol. The van der Waals surface area contributed by atoms with Gasteiger partial charge in [-0.05, 0) is 30.4 Å². The first-order chi connectivity index (χ1) is 5.77. The molecule has 0 aromatic heterocycles. The summed E-state index contributed by atoms with van der Waals surface area (Å²) in [4.78, 5) is 0.731. The maximum atomic E-state index is 13.2. The zero-order valence-electron chi connectivity index (χ0n) is 7.43. The molecule has 0 nitrogen and oxygen atoms in total. The van der Waals surface area contributed by atoms with Gasteiger partial charge in [0.05, 0.1) is 0 Å². The Kier molecular flexibility index (Phi) is 3.60. The minimum atomic E-state index is -0.0894. The Balaban J connectivity index is 2.86. The number of rotatable bonds is 3. The molecule has 1 aromatic rings. The second-order valence-corrected chi connectivity index (χ2v) is 3.57. The average molecular weight is 184 g/mol. The fourth-order valence-corrected chi connectivity index (χ4v) is 1.61. The van der Waals surface area contributed by atoms with Crippen LogP contribution in [0.15, 0.2) is 23.1 Å². The van der Waals surface area contributed by atoms with Crippen LogP contribution < -0.4 is 0 Å². The van der Waals surface area contributed by atoms with Crippen molar-refractivity contribution in [1.29, 1.82) is 0 Å². The summed E-state index contributed by atoms with van der Waals surface area (Å²) in [5.74, 6) is -0.0894. The maximum Gasteiger partial charge on any atom is 0.137 e. The highest BCUT2D eigenvalue weighted by Gasteiger charge is 2.00. The van der Waals surface area contributed by atoms with Gasteiger partial charge < -0.3 is 0 Å². The fourth-order valence-electron chi connectivity index (χ4n) is 1.15. The van der Waals surface area contributed by atoms with E-state index >= 15 is 0 Å². The third-order valence-corrected chi connectivity index (χ3v) is 2.53. The van der Waals surface area contributed by atoms with E-state index in [0.717, 1.165) is 23.3 Å². The first kappa shape index (κ1) is 9.59. The van der Waals surface area contributed by atoms with Gasteiger partial charge in [0.2, 0.25) is 0 Å². The van der Waals surface area contributed by atoms with Gasteiger partial charge in [0.15, 0.2) is 0 Å². The van der Waals surface area contributed by atoms with Gasteiger partial charge in [0.25, 0.3) is 0 Å². The van der Waals surface area contributed by atoms with Crippen molar-refractivity contribution in [3.8, 4) is 0 Å². The maximum absolute atomic E-state index is 13.2. The summed E-state index contributed by atoms with van der Waals surface area (Å²) in [6, 6.07) is 5.48. The Morgan fingerprint density at radius 1 is 1.42 bits per heavy atom. The van der Waals surface area contributed by atoms with Gasteiger partial charge in [-0.2, -0.15) is 0 Å². The topological polar surface area (TPSA) is 0 Å². The van der Waals surface area contributed by atoms with Crippen molar-refractivity contribution in [2.24, 2.45) is 0 Å². The molecule has 0 spiro atoms. The van der Waals surface area contributed by atoms with Crippen molar-refractivity contribution in [1.82, 2.24) is 0 Å². The summed E-state index contributed by atoms with van der Waals surface area (Å²) in [7, 11) is 0. The molecule has 1 aromatic carbocycles. The quantitative estimate of drug-likeness (QED) is 0.648. The van der Waals surface area contributed by atoms with Gasteiger partial charge in [-0.3, -0.25) is 0 Å². The van der Waals surface area contributed by atoms with E-state index in [1.165, 1.54) is 11.8 Å². The van der Waals surface area contributed by atoms with E-state index < -0.39 is 0 Å². The number of aryl methyl sites for hydroxylation is 1.